The summed E-state index contributed by atoms with van der Waals surface area (Å²) in [4.78, 5) is 60.4. The van der Waals surface area contributed by atoms with Gasteiger partial charge in [-0.25, -0.2) is 4.79 Å². The van der Waals surface area contributed by atoms with Gasteiger partial charge in [-0.3, -0.25) is 19.2 Å². The number of carbonyl (C=O) groups is 5. The van der Waals surface area contributed by atoms with E-state index < -0.39 is 66.9 Å². The number of nitrogens with two attached hydrogens (primary N) is 1. The maximum Gasteiger partial charge on any atom is 0.328 e. The number of benzene rings is 1. The van der Waals surface area contributed by atoms with Gasteiger partial charge in [0.25, 0.3) is 0 Å². The van der Waals surface area contributed by atoms with Gasteiger partial charge in [-0.05, 0) is 30.4 Å². The van der Waals surface area contributed by atoms with Crippen LogP contribution in [0.5, 0.6) is 0 Å². The van der Waals surface area contributed by atoms with Crippen LogP contribution in [0.1, 0.15) is 24.8 Å². The van der Waals surface area contributed by atoms with E-state index in [0.717, 1.165) is 0 Å². The molecule has 0 saturated carbocycles. The van der Waals surface area contributed by atoms with Crippen LogP contribution in [0, 0.1) is 0 Å². The molecular formula is C22H32N4O8S. The Hall–Kier alpha value is -3.16. The highest BCUT2D eigenvalue weighted by atomic mass is 32.2. The first kappa shape index (κ1) is 29.9. The number of aliphatic carboxylic acids is 2. The van der Waals surface area contributed by atoms with Crippen molar-refractivity contribution in [3.05, 3.63) is 35.9 Å². The fourth-order valence-corrected chi connectivity index (χ4v) is 3.47. The molecule has 0 spiro atoms. The molecule has 3 amide bonds. The average molecular weight is 513 g/mol. The Kier molecular flexibility index (Phi) is 13.4. The molecule has 4 unspecified atom stereocenters. The molecule has 8 N–H and O–H groups in total. The second kappa shape index (κ2) is 15.7. The maximum atomic E-state index is 13.1. The van der Waals surface area contributed by atoms with E-state index >= 15 is 0 Å². The summed E-state index contributed by atoms with van der Waals surface area (Å²) in [5, 5.41) is 34.3. The number of carboxylic acids is 2. The number of rotatable bonds is 16. The molecular weight excluding hydrogens is 480 g/mol. The van der Waals surface area contributed by atoms with Crippen molar-refractivity contribution in [2.45, 2.75) is 49.9 Å². The number of hydrogen-bond donors (Lipinski definition) is 7. The van der Waals surface area contributed by atoms with Crippen molar-refractivity contribution in [2.24, 2.45) is 5.73 Å². The Morgan fingerprint density at radius 1 is 0.886 bits per heavy atom. The Morgan fingerprint density at radius 2 is 1.46 bits per heavy atom. The lowest BCUT2D eigenvalue weighted by molar-refractivity contribution is -0.144. The summed E-state index contributed by atoms with van der Waals surface area (Å²) < 4.78 is 0. The fraction of sp³-hybridized carbons (Fsp3) is 0.500. The number of thioether (sulfide) groups is 1. The van der Waals surface area contributed by atoms with Crippen molar-refractivity contribution in [1.82, 2.24) is 16.0 Å². The van der Waals surface area contributed by atoms with Crippen LogP contribution < -0.4 is 21.7 Å². The Bertz CT molecular complexity index is 870. The van der Waals surface area contributed by atoms with E-state index in [0.29, 0.717) is 17.7 Å². The lowest BCUT2D eigenvalue weighted by atomic mass is 10.0. The van der Waals surface area contributed by atoms with Gasteiger partial charge in [0.1, 0.15) is 18.1 Å². The predicted octanol–water partition coefficient (Wildman–Crippen LogP) is -1.29. The summed E-state index contributed by atoms with van der Waals surface area (Å²) in [5.41, 5.74) is 6.62. The third-order valence-electron chi connectivity index (χ3n) is 4.96. The number of nitrogens with one attached hydrogen (secondary N) is 3. The molecule has 13 heteroatoms. The molecule has 12 nitrogen and oxygen atoms in total. The molecule has 1 aromatic rings. The second-order valence-electron chi connectivity index (χ2n) is 7.71. The van der Waals surface area contributed by atoms with Crippen LogP contribution >= 0.6 is 11.8 Å². The van der Waals surface area contributed by atoms with Crippen LogP contribution in [0.3, 0.4) is 0 Å². The standard InChI is InChI=1S/C22H32N4O8S/c1-35-10-9-14(23)19(30)25-16(11-13-5-3-2-4-6-13)21(32)24-15(7-8-18(28)29)20(31)26-17(12-27)22(33)34/h2-6,14-17,27H,7-12,23H2,1H3,(H,24,32)(H,25,30)(H,26,31)(H,28,29)(H,33,34). The molecule has 0 heterocycles. The van der Waals surface area contributed by atoms with Crippen molar-refractivity contribution in [2.75, 3.05) is 18.6 Å². The molecule has 1 rings (SSSR count). The number of aliphatic hydroxyl groups is 1. The molecule has 4 atom stereocenters. The molecule has 35 heavy (non-hydrogen) atoms. The van der Waals surface area contributed by atoms with Crippen molar-refractivity contribution in [3.8, 4) is 0 Å². The SMILES string of the molecule is CSCCC(N)C(=O)NC(Cc1ccccc1)C(=O)NC(CCC(=O)O)C(=O)NC(CO)C(=O)O. The first-order valence-corrected chi connectivity index (χ1v) is 12.2. The summed E-state index contributed by atoms with van der Waals surface area (Å²) in [7, 11) is 0. The van der Waals surface area contributed by atoms with Crippen LogP contribution in [0.15, 0.2) is 30.3 Å². The Labute approximate surface area is 207 Å². The number of amides is 3. The molecule has 0 bridgehead atoms. The molecule has 194 valence electrons. The van der Waals surface area contributed by atoms with E-state index in [-0.39, 0.29) is 12.8 Å². The van der Waals surface area contributed by atoms with Crippen molar-refractivity contribution < 1.29 is 39.3 Å². The van der Waals surface area contributed by atoms with Crippen LogP contribution in [0.2, 0.25) is 0 Å². The van der Waals surface area contributed by atoms with E-state index in [1.165, 1.54) is 11.8 Å². The second-order valence-corrected chi connectivity index (χ2v) is 8.70. The lowest BCUT2D eigenvalue weighted by Crippen LogP contribution is -2.58. The summed E-state index contributed by atoms with van der Waals surface area (Å²) >= 11 is 1.51. The van der Waals surface area contributed by atoms with Gasteiger partial charge in [0.05, 0.1) is 12.6 Å². The summed E-state index contributed by atoms with van der Waals surface area (Å²) in [6, 6.07) is 3.70. The van der Waals surface area contributed by atoms with Crippen molar-refractivity contribution in [3.63, 3.8) is 0 Å². The minimum absolute atomic E-state index is 0.0648. The predicted molar refractivity (Wildman–Crippen MR) is 129 cm³/mol. The largest absolute Gasteiger partial charge is 0.481 e. The van der Waals surface area contributed by atoms with Crippen molar-refractivity contribution in [1.29, 1.82) is 0 Å². The molecule has 1 aromatic carbocycles. The van der Waals surface area contributed by atoms with Gasteiger partial charge >= 0.3 is 11.9 Å². The number of carbonyl (C=O) groups excluding carboxylic acids is 3. The Morgan fingerprint density at radius 3 is 2.00 bits per heavy atom. The highest BCUT2D eigenvalue weighted by molar-refractivity contribution is 7.98. The summed E-state index contributed by atoms with van der Waals surface area (Å²) in [6.45, 7) is -0.901. The first-order valence-electron chi connectivity index (χ1n) is 10.8. The zero-order valence-corrected chi connectivity index (χ0v) is 20.1. The van der Waals surface area contributed by atoms with Gasteiger partial charge in [-0.1, -0.05) is 30.3 Å². The quantitative estimate of drug-likeness (QED) is 0.139. The van der Waals surface area contributed by atoms with E-state index in [9.17, 15) is 24.0 Å². The van der Waals surface area contributed by atoms with E-state index in [2.05, 4.69) is 16.0 Å². The van der Waals surface area contributed by atoms with Gasteiger partial charge in [-0.15, -0.1) is 0 Å². The zero-order chi connectivity index (χ0) is 26.4. The monoisotopic (exact) mass is 512 g/mol. The third-order valence-corrected chi connectivity index (χ3v) is 5.61. The normalized spacial score (nSPS) is 14.1. The molecule has 0 saturated heterocycles. The van der Waals surface area contributed by atoms with E-state index in [1.807, 2.05) is 6.26 Å². The highest BCUT2D eigenvalue weighted by Gasteiger charge is 2.30. The van der Waals surface area contributed by atoms with Crippen LogP contribution in [0.4, 0.5) is 0 Å². The number of aliphatic hydroxyl groups excluding tert-OH is 1. The average Bonchev–Trinajstić information content (AvgIpc) is 2.82. The fourth-order valence-electron chi connectivity index (χ4n) is 2.98. The van der Waals surface area contributed by atoms with Gasteiger partial charge in [0.2, 0.25) is 17.7 Å². The van der Waals surface area contributed by atoms with Gasteiger partial charge in [0.15, 0.2) is 0 Å². The maximum absolute atomic E-state index is 13.1. The minimum Gasteiger partial charge on any atom is -0.481 e. The van der Waals surface area contributed by atoms with Crippen LogP contribution in [-0.2, 0) is 30.4 Å². The topological polar surface area (TPSA) is 208 Å². The summed E-state index contributed by atoms with van der Waals surface area (Å²) in [5.74, 6) is -4.42. The van der Waals surface area contributed by atoms with Gasteiger partial charge < -0.3 is 37.0 Å². The first-order chi connectivity index (χ1) is 16.6. The molecule has 0 aliphatic carbocycles. The highest BCUT2D eigenvalue weighted by Crippen LogP contribution is 2.07. The molecule has 0 radical (unpaired) electrons. The van der Waals surface area contributed by atoms with Gasteiger partial charge in [-0.2, -0.15) is 11.8 Å². The molecule has 0 aromatic heterocycles. The number of carboxylic acid groups (broad SMARTS) is 2. The Balaban J connectivity index is 3.07. The van der Waals surface area contributed by atoms with E-state index in [1.54, 1.807) is 30.3 Å². The van der Waals surface area contributed by atoms with Crippen molar-refractivity contribution >= 4 is 41.4 Å². The zero-order valence-electron chi connectivity index (χ0n) is 19.3. The third kappa shape index (κ3) is 11.2. The lowest BCUT2D eigenvalue weighted by Gasteiger charge is -2.25. The molecule has 0 aliphatic heterocycles. The van der Waals surface area contributed by atoms with E-state index in [4.69, 9.17) is 21.1 Å². The molecule has 0 fully saturated rings. The van der Waals surface area contributed by atoms with Gasteiger partial charge in [0, 0.05) is 12.8 Å². The minimum atomic E-state index is -1.64. The summed E-state index contributed by atoms with van der Waals surface area (Å²) in [6.07, 6.45) is 1.47. The molecule has 0 aliphatic rings. The van der Waals surface area contributed by atoms with Crippen LogP contribution in [0.25, 0.3) is 0 Å². The number of hydrogen-bond acceptors (Lipinski definition) is 8. The van der Waals surface area contributed by atoms with Crippen LogP contribution in [-0.4, -0.2) is 87.8 Å². The smallest absolute Gasteiger partial charge is 0.328 e.